The molecule has 25 heavy (non-hydrogen) atoms. The van der Waals surface area contributed by atoms with Crippen LogP contribution in [0.3, 0.4) is 0 Å². The molecule has 1 fully saturated rings. The number of hydrogen-bond acceptors (Lipinski definition) is 0. The average molecular weight is 343 g/mol. The van der Waals surface area contributed by atoms with Crippen molar-refractivity contribution in [2.24, 2.45) is 5.92 Å². The summed E-state index contributed by atoms with van der Waals surface area (Å²) in [6.07, 6.45) is 21.9. The first-order chi connectivity index (χ1) is 12.3. The summed E-state index contributed by atoms with van der Waals surface area (Å²) in [5.41, 5.74) is 2.99. The minimum Gasteiger partial charge on any atom is -0.0588 e. The Bertz CT molecular complexity index is 422. The summed E-state index contributed by atoms with van der Waals surface area (Å²) in [5, 5.41) is 0. The van der Waals surface area contributed by atoms with Gasteiger partial charge >= 0.3 is 0 Å². The van der Waals surface area contributed by atoms with Crippen LogP contribution in [0.5, 0.6) is 0 Å². The number of rotatable bonds is 12. The number of aryl methyl sites for hydroxylation is 1. The number of benzene rings is 1. The zero-order valence-corrected chi connectivity index (χ0v) is 17.1. The Hall–Kier alpha value is -0.780. The first kappa shape index (κ1) is 20.5. The molecule has 0 saturated heterocycles. The fraction of sp³-hybridized carbons (Fsp3) is 0.760. The summed E-state index contributed by atoms with van der Waals surface area (Å²) in [4.78, 5) is 0. The molecule has 2 rings (SSSR count). The Balaban J connectivity index is 1.38. The van der Waals surface area contributed by atoms with Crippen molar-refractivity contribution in [3.8, 4) is 0 Å². The van der Waals surface area contributed by atoms with Gasteiger partial charge in [-0.1, -0.05) is 122 Å². The molecule has 0 unspecified atom stereocenters. The molecule has 0 N–H and O–H groups in total. The zero-order valence-electron chi connectivity index (χ0n) is 17.1. The van der Waals surface area contributed by atoms with Crippen LogP contribution in [0.2, 0.25) is 0 Å². The summed E-state index contributed by atoms with van der Waals surface area (Å²) in [7, 11) is 0. The number of unbranched alkanes of at least 4 members (excludes halogenated alkanes) is 7. The smallest absolute Gasteiger partial charge is 0.0219 e. The maximum atomic E-state index is 2.33. The van der Waals surface area contributed by atoms with Gasteiger partial charge in [0.15, 0.2) is 0 Å². The Kier molecular flexibility index (Phi) is 10.3. The fourth-order valence-electron chi connectivity index (χ4n) is 4.37. The van der Waals surface area contributed by atoms with Gasteiger partial charge in [0.2, 0.25) is 0 Å². The summed E-state index contributed by atoms with van der Waals surface area (Å²) in [5.74, 6) is 1.74. The third-order valence-corrected chi connectivity index (χ3v) is 6.20. The van der Waals surface area contributed by atoms with Crippen LogP contribution in [-0.4, -0.2) is 0 Å². The van der Waals surface area contributed by atoms with Gasteiger partial charge in [-0.3, -0.25) is 0 Å². The molecule has 0 amide bonds. The lowest BCUT2D eigenvalue weighted by atomic mass is 9.85. The van der Waals surface area contributed by atoms with Gasteiger partial charge in [0, 0.05) is 0 Å². The molecule has 0 nitrogen and oxygen atoms in total. The Labute approximate surface area is 157 Å². The van der Waals surface area contributed by atoms with Gasteiger partial charge in [-0.15, -0.1) is 0 Å². The van der Waals surface area contributed by atoms with E-state index in [0.717, 1.165) is 5.92 Å². The van der Waals surface area contributed by atoms with Crippen LogP contribution in [0.4, 0.5) is 0 Å². The van der Waals surface area contributed by atoms with E-state index in [-0.39, 0.29) is 0 Å². The van der Waals surface area contributed by atoms with E-state index in [0.29, 0.717) is 5.92 Å². The maximum absolute atomic E-state index is 2.33. The van der Waals surface area contributed by atoms with E-state index in [1.165, 1.54) is 107 Å². The van der Waals surface area contributed by atoms with Gasteiger partial charge in [0.1, 0.15) is 0 Å². The highest BCUT2D eigenvalue weighted by Gasteiger charge is 2.12. The molecule has 0 bridgehead atoms. The molecule has 1 saturated carbocycles. The predicted molar refractivity (Wildman–Crippen MR) is 112 cm³/mol. The molecule has 0 spiro atoms. The van der Waals surface area contributed by atoms with E-state index in [1.54, 1.807) is 0 Å². The van der Waals surface area contributed by atoms with Gasteiger partial charge in [-0.2, -0.15) is 0 Å². The van der Waals surface area contributed by atoms with Crippen molar-refractivity contribution in [2.75, 3.05) is 0 Å². The third-order valence-electron chi connectivity index (χ3n) is 6.20. The molecule has 1 aromatic rings. The average Bonchev–Trinajstić information content (AvgIpc) is 2.64. The summed E-state index contributed by atoms with van der Waals surface area (Å²) in [6.45, 7) is 4.54. The van der Waals surface area contributed by atoms with Crippen LogP contribution in [-0.2, 0) is 6.42 Å². The molecule has 1 aromatic carbocycles. The molecule has 0 atom stereocenters. The molecular formula is C25H42. The van der Waals surface area contributed by atoms with E-state index in [4.69, 9.17) is 0 Å². The van der Waals surface area contributed by atoms with Gasteiger partial charge in [0.05, 0.1) is 0 Å². The highest BCUT2D eigenvalue weighted by molar-refractivity contribution is 5.24. The second-order valence-electron chi connectivity index (χ2n) is 8.77. The molecule has 0 heteroatoms. The Morgan fingerprint density at radius 2 is 1.28 bits per heavy atom. The molecule has 0 radical (unpaired) electrons. The summed E-state index contributed by atoms with van der Waals surface area (Å²) >= 11 is 0. The van der Waals surface area contributed by atoms with Crippen LogP contribution in [0.1, 0.15) is 121 Å². The van der Waals surface area contributed by atoms with Crippen molar-refractivity contribution in [2.45, 2.75) is 116 Å². The summed E-state index contributed by atoms with van der Waals surface area (Å²) in [6, 6.07) is 9.30. The molecule has 0 aliphatic heterocycles. The van der Waals surface area contributed by atoms with Crippen LogP contribution in [0, 0.1) is 5.92 Å². The lowest BCUT2D eigenvalue weighted by Crippen LogP contribution is -2.05. The molecule has 0 heterocycles. The van der Waals surface area contributed by atoms with Crippen LogP contribution in [0.25, 0.3) is 0 Å². The van der Waals surface area contributed by atoms with E-state index >= 15 is 0 Å². The first-order valence-electron chi connectivity index (χ1n) is 11.3. The molecule has 1 aliphatic carbocycles. The van der Waals surface area contributed by atoms with Crippen molar-refractivity contribution in [3.63, 3.8) is 0 Å². The molecular weight excluding hydrogens is 300 g/mol. The van der Waals surface area contributed by atoms with Crippen LogP contribution in [0.15, 0.2) is 24.3 Å². The van der Waals surface area contributed by atoms with Crippen molar-refractivity contribution >= 4 is 0 Å². The highest BCUT2D eigenvalue weighted by atomic mass is 14.2. The lowest BCUT2D eigenvalue weighted by molar-refractivity contribution is 0.328. The molecule has 0 aromatic heterocycles. The lowest BCUT2D eigenvalue weighted by Gasteiger charge is -2.21. The van der Waals surface area contributed by atoms with Gasteiger partial charge in [0.25, 0.3) is 0 Å². The highest BCUT2D eigenvalue weighted by Crippen LogP contribution is 2.28. The van der Waals surface area contributed by atoms with Crippen LogP contribution >= 0.6 is 0 Å². The number of hydrogen-bond donors (Lipinski definition) is 0. The zero-order chi connectivity index (χ0) is 17.7. The minimum absolute atomic E-state index is 0.650. The van der Waals surface area contributed by atoms with Crippen molar-refractivity contribution < 1.29 is 0 Å². The topological polar surface area (TPSA) is 0 Å². The SMILES string of the molecule is CC(C)c1ccc(CCCCCCCCCCC2CCCCC2)cc1. The van der Waals surface area contributed by atoms with Gasteiger partial charge < -0.3 is 0 Å². The predicted octanol–water partition coefficient (Wildman–Crippen LogP) is 8.44. The van der Waals surface area contributed by atoms with E-state index in [2.05, 4.69) is 38.1 Å². The minimum atomic E-state index is 0.650. The van der Waals surface area contributed by atoms with Crippen molar-refractivity contribution in [1.29, 1.82) is 0 Å². The summed E-state index contributed by atoms with van der Waals surface area (Å²) < 4.78 is 0. The Morgan fingerprint density at radius 1 is 0.720 bits per heavy atom. The normalized spacial score (nSPS) is 15.8. The van der Waals surface area contributed by atoms with E-state index < -0.39 is 0 Å². The quantitative estimate of drug-likeness (QED) is 0.334. The molecule has 142 valence electrons. The third kappa shape index (κ3) is 8.93. The van der Waals surface area contributed by atoms with Gasteiger partial charge in [-0.05, 0) is 35.8 Å². The monoisotopic (exact) mass is 342 g/mol. The van der Waals surface area contributed by atoms with Gasteiger partial charge in [-0.25, -0.2) is 0 Å². The second kappa shape index (κ2) is 12.6. The second-order valence-corrected chi connectivity index (χ2v) is 8.77. The van der Waals surface area contributed by atoms with Crippen molar-refractivity contribution in [1.82, 2.24) is 0 Å². The van der Waals surface area contributed by atoms with E-state index in [9.17, 15) is 0 Å². The molecule has 1 aliphatic rings. The van der Waals surface area contributed by atoms with Crippen molar-refractivity contribution in [3.05, 3.63) is 35.4 Å². The standard InChI is InChI=1S/C25H42/c1-22(2)25-20-18-24(19-21-25)17-11-8-6-4-3-5-7-10-14-23-15-12-9-13-16-23/h18-23H,3-17H2,1-2H3. The maximum Gasteiger partial charge on any atom is -0.0219 e. The van der Waals surface area contributed by atoms with Crippen LogP contribution < -0.4 is 0 Å². The fourth-order valence-corrected chi connectivity index (χ4v) is 4.37. The Morgan fingerprint density at radius 3 is 1.88 bits per heavy atom. The largest absolute Gasteiger partial charge is 0.0588 e. The van der Waals surface area contributed by atoms with E-state index in [1.807, 2.05) is 0 Å². The first-order valence-corrected chi connectivity index (χ1v) is 11.3.